The third-order valence-corrected chi connectivity index (χ3v) is 5.88. The lowest BCUT2D eigenvalue weighted by molar-refractivity contribution is -0.127. The second-order valence-corrected chi connectivity index (χ2v) is 7.59. The molecule has 3 unspecified atom stereocenters. The van der Waals surface area contributed by atoms with Gasteiger partial charge in [0.2, 0.25) is 5.95 Å². The number of nitrogens with zero attached hydrogens (tertiary/aromatic N) is 3. The molecule has 28 heavy (non-hydrogen) atoms. The van der Waals surface area contributed by atoms with Crippen molar-refractivity contribution in [2.75, 3.05) is 11.1 Å². The average Bonchev–Trinajstić information content (AvgIpc) is 2.93. The Kier molecular flexibility index (Phi) is 3.35. The molecule has 5 N–H and O–H groups in total. The molecule has 10 heteroatoms. The number of carbonyl (C=O) groups excluding carboxylic acids is 1. The third kappa shape index (κ3) is 2.15. The van der Waals surface area contributed by atoms with E-state index >= 15 is 0 Å². The Hall–Kier alpha value is -2.75. The van der Waals surface area contributed by atoms with E-state index in [9.17, 15) is 15.0 Å². The van der Waals surface area contributed by atoms with Crippen LogP contribution in [0.15, 0.2) is 22.7 Å². The summed E-state index contributed by atoms with van der Waals surface area (Å²) in [4.78, 5) is 24.2. The first-order valence-electron chi connectivity index (χ1n) is 8.70. The topological polar surface area (TPSA) is 147 Å². The van der Waals surface area contributed by atoms with E-state index in [0.717, 1.165) is 5.39 Å². The summed E-state index contributed by atoms with van der Waals surface area (Å²) in [6, 6.07) is 3.53. The van der Waals surface area contributed by atoms with E-state index in [4.69, 9.17) is 21.8 Å². The normalized spacial score (nSPS) is 28.6. The lowest BCUT2D eigenvalue weighted by atomic mass is 10.0. The van der Waals surface area contributed by atoms with Gasteiger partial charge in [-0.3, -0.25) is 9.78 Å². The maximum absolute atomic E-state index is 11.9. The number of fused-ring (bicyclic) bond motifs is 2. The van der Waals surface area contributed by atoms with Crippen molar-refractivity contribution in [2.45, 2.75) is 31.1 Å². The zero-order chi connectivity index (χ0) is 19.8. The number of aliphatic hydroxyl groups is 2. The van der Waals surface area contributed by atoms with Gasteiger partial charge in [0, 0.05) is 11.6 Å². The van der Waals surface area contributed by atoms with Crippen LogP contribution in [-0.4, -0.2) is 42.3 Å². The third-order valence-electron chi connectivity index (χ3n) is 5.60. The fraction of sp³-hybridized carbons (Fsp3) is 0.333. The summed E-state index contributed by atoms with van der Waals surface area (Å²) in [6.45, 7) is 1.81. The Labute approximate surface area is 163 Å². The van der Waals surface area contributed by atoms with Crippen LogP contribution in [0.1, 0.15) is 18.5 Å². The second kappa shape index (κ2) is 5.40. The summed E-state index contributed by atoms with van der Waals surface area (Å²) in [5.41, 5.74) is 3.54. The first kappa shape index (κ1) is 17.4. The monoisotopic (exact) mass is 401 g/mol. The zero-order valence-electron chi connectivity index (χ0n) is 14.7. The number of pyridine rings is 1. The van der Waals surface area contributed by atoms with Gasteiger partial charge in [-0.15, -0.1) is 0 Å². The number of anilines is 2. The molecular weight excluding hydrogens is 386 g/mol. The Bertz CT molecular complexity index is 1160. The summed E-state index contributed by atoms with van der Waals surface area (Å²) in [6.07, 6.45) is 2.20. The number of halogens is 1. The van der Waals surface area contributed by atoms with Crippen molar-refractivity contribution in [2.24, 2.45) is 5.92 Å². The van der Waals surface area contributed by atoms with Crippen LogP contribution in [-0.2, 0) is 4.79 Å². The van der Waals surface area contributed by atoms with E-state index in [0.29, 0.717) is 23.5 Å². The Balaban J connectivity index is 1.65. The number of carbonyl (C=O) groups is 1. The molecule has 144 valence electrons. The van der Waals surface area contributed by atoms with Crippen LogP contribution in [0.2, 0.25) is 5.15 Å². The van der Waals surface area contributed by atoms with Crippen LogP contribution >= 0.6 is 11.6 Å². The Morgan fingerprint density at radius 2 is 2.18 bits per heavy atom. The number of hydrogen-bond acceptors (Lipinski definition) is 9. The van der Waals surface area contributed by atoms with Gasteiger partial charge in [0.15, 0.2) is 22.7 Å². The largest absolute Gasteiger partial charge is 0.454 e. The summed E-state index contributed by atoms with van der Waals surface area (Å²) < 4.78 is 5.91. The van der Waals surface area contributed by atoms with E-state index in [1.807, 2.05) is 6.92 Å². The van der Waals surface area contributed by atoms with Crippen molar-refractivity contribution in [1.82, 2.24) is 15.0 Å². The average molecular weight is 402 g/mol. The quantitative estimate of drug-likeness (QED) is 0.379. The van der Waals surface area contributed by atoms with E-state index in [2.05, 4.69) is 20.3 Å². The molecule has 2 saturated carbocycles. The molecule has 9 nitrogen and oxygen atoms in total. The van der Waals surface area contributed by atoms with Crippen molar-refractivity contribution < 1.29 is 19.4 Å². The number of furan rings is 1. The summed E-state index contributed by atoms with van der Waals surface area (Å²) in [7, 11) is 0. The molecule has 0 saturated heterocycles. The molecule has 0 radical (unpaired) electrons. The zero-order valence-corrected chi connectivity index (χ0v) is 15.5. The lowest BCUT2D eigenvalue weighted by Gasteiger charge is -2.31. The van der Waals surface area contributed by atoms with Crippen molar-refractivity contribution in [1.29, 1.82) is 0 Å². The molecule has 0 spiro atoms. The molecule has 0 aromatic carbocycles. The molecular formula is C18H16ClN5O4. The fourth-order valence-electron chi connectivity index (χ4n) is 4.06. The van der Waals surface area contributed by atoms with Crippen LogP contribution in [0.3, 0.4) is 0 Å². The van der Waals surface area contributed by atoms with Gasteiger partial charge in [0.05, 0.1) is 17.2 Å². The van der Waals surface area contributed by atoms with Crippen LogP contribution < -0.4 is 11.1 Å². The van der Waals surface area contributed by atoms with Crippen molar-refractivity contribution >= 4 is 40.1 Å². The highest BCUT2D eigenvalue weighted by Crippen LogP contribution is 2.58. The number of aromatic nitrogens is 3. The van der Waals surface area contributed by atoms with Crippen LogP contribution in [0.5, 0.6) is 0 Å². The highest BCUT2D eigenvalue weighted by Gasteiger charge is 2.79. The Morgan fingerprint density at radius 1 is 1.39 bits per heavy atom. The molecule has 0 amide bonds. The minimum Gasteiger partial charge on any atom is -0.454 e. The number of aryl methyl sites for hydroxylation is 1. The van der Waals surface area contributed by atoms with Gasteiger partial charge in [-0.2, -0.15) is 4.98 Å². The molecule has 2 aliphatic carbocycles. The van der Waals surface area contributed by atoms with E-state index in [-0.39, 0.29) is 28.9 Å². The predicted molar refractivity (Wildman–Crippen MR) is 100 cm³/mol. The van der Waals surface area contributed by atoms with Crippen LogP contribution in [0.25, 0.3) is 22.3 Å². The number of hydrogen-bond donors (Lipinski definition) is 4. The van der Waals surface area contributed by atoms with Crippen molar-refractivity contribution in [3.63, 3.8) is 0 Å². The minimum atomic E-state index is -1.88. The smallest absolute Gasteiger partial charge is 0.223 e. The van der Waals surface area contributed by atoms with Crippen LogP contribution in [0, 0.1) is 12.8 Å². The van der Waals surface area contributed by atoms with Gasteiger partial charge in [-0.25, -0.2) is 4.98 Å². The second-order valence-electron chi connectivity index (χ2n) is 7.23. The van der Waals surface area contributed by atoms with Gasteiger partial charge in [-0.05, 0) is 31.9 Å². The van der Waals surface area contributed by atoms with Crippen molar-refractivity contribution in [3.8, 4) is 11.3 Å². The molecule has 0 bridgehead atoms. The molecule has 3 aromatic rings. The Morgan fingerprint density at radius 3 is 2.86 bits per heavy atom. The van der Waals surface area contributed by atoms with E-state index < -0.39 is 23.0 Å². The van der Waals surface area contributed by atoms with Crippen molar-refractivity contribution in [3.05, 3.63) is 29.2 Å². The minimum absolute atomic E-state index is 0.00642. The molecule has 3 aromatic heterocycles. The molecule has 0 aliphatic heterocycles. The number of nitrogen functional groups attached to an aromatic ring is 1. The number of nitrogens with two attached hydrogens (primary N) is 1. The number of rotatable bonds is 3. The summed E-state index contributed by atoms with van der Waals surface area (Å²) >= 11 is 6.32. The first-order chi connectivity index (χ1) is 13.2. The standard InChI is InChI=1S/C18H16ClN5O4/c1-7-12-8(3-5-21-7)6-10(28-12)11-14(19)22-16(20)23-15(11)24-17(26)4-2-9-13(25)18(9,17)27/h3,5-6,9,26-27H,2,4H2,1H3,(H3,20,22,23,24). The number of ketones is 1. The summed E-state index contributed by atoms with van der Waals surface area (Å²) in [5.74, 6) is -0.696. The number of nitrogens with one attached hydrogen (secondary N) is 1. The predicted octanol–water partition coefficient (Wildman–Crippen LogP) is 1.65. The maximum atomic E-state index is 11.9. The van der Waals surface area contributed by atoms with Gasteiger partial charge >= 0.3 is 0 Å². The van der Waals surface area contributed by atoms with Gasteiger partial charge in [0.25, 0.3) is 0 Å². The SMILES string of the molecule is Cc1nccc2cc(-c3c(Cl)nc(N)nc3NC3(O)CCC4C(=O)C43O)oc12. The first-order valence-corrected chi connectivity index (χ1v) is 9.08. The maximum Gasteiger partial charge on any atom is 0.223 e. The summed E-state index contributed by atoms with van der Waals surface area (Å²) in [5, 5.41) is 25.1. The lowest BCUT2D eigenvalue weighted by Crippen LogP contribution is -2.51. The molecule has 3 atom stereocenters. The highest BCUT2D eigenvalue weighted by molar-refractivity contribution is 6.32. The molecule has 3 heterocycles. The van der Waals surface area contributed by atoms with E-state index in [1.54, 1.807) is 18.3 Å². The molecule has 2 fully saturated rings. The molecule has 5 rings (SSSR count). The van der Waals surface area contributed by atoms with Crippen LogP contribution in [0.4, 0.5) is 11.8 Å². The fourth-order valence-corrected chi connectivity index (χ4v) is 4.33. The number of Topliss-reactive ketones (excluding diaryl/α,β-unsaturated/α-hetero) is 1. The van der Waals surface area contributed by atoms with Gasteiger partial charge in [0.1, 0.15) is 16.7 Å². The van der Waals surface area contributed by atoms with E-state index in [1.165, 1.54) is 0 Å². The van der Waals surface area contributed by atoms with Gasteiger partial charge < -0.3 is 25.7 Å². The van der Waals surface area contributed by atoms with Gasteiger partial charge in [-0.1, -0.05) is 11.6 Å². The highest BCUT2D eigenvalue weighted by atomic mass is 35.5. The molecule has 2 aliphatic rings.